The lowest BCUT2D eigenvalue weighted by Crippen LogP contribution is -2.48. The Morgan fingerprint density at radius 2 is 1.65 bits per heavy atom. The summed E-state index contributed by atoms with van der Waals surface area (Å²) in [5, 5.41) is 12.2. The fourth-order valence-electron chi connectivity index (χ4n) is 7.30. The maximum Gasteiger partial charge on any atom is 0.410 e. The fourth-order valence-corrected chi connectivity index (χ4v) is 7.51. The number of carbonyl (C=O) groups is 2. The average molecular weight is 650 g/mol. The van der Waals surface area contributed by atoms with Gasteiger partial charge < -0.3 is 24.6 Å². The Morgan fingerprint density at radius 1 is 0.957 bits per heavy atom. The van der Waals surface area contributed by atoms with Crippen molar-refractivity contribution in [2.24, 2.45) is 11.8 Å². The number of anilines is 1. The Kier molecular flexibility index (Phi) is 9.57. The molecule has 4 fully saturated rings. The van der Waals surface area contributed by atoms with Crippen LogP contribution in [-0.2, 0) is 4.74 Å². The van der Waals surface area contributed by atoms with Crippen molar-refractivity contribution in [1.82, 2.24) is 25.3 Å². The first-order valence-corrected chi connectivity index (χ1v) is 16.9. The van der Waals surface area contributed by atoms with Gasteiger partial charge in [-0.25, -0.2) is 9.64 Å². The van der Waals surface area contributed by atoms with Gasteiger partial charge >= 0.3 is 6.09 Å². The van der Waals surface area contributed by atoms with Crippen molar-refractivity contribution < 1.29 is 19.1 Å². The highest BCUT2D eigenvalue weighted by molar-refractivity contribution is 6.33. The van der Waals surface area contributed by atoms with Crippen LogP contribution < -0.4 is 15.0 Å². The molecule has 46 heavy (non-hydrogen) atoms. The van der Waals surface area contributed by atoms with E-state index in [4.69, 9.17) is 27.6 Å². The highest BCUT2D eigenvalue weighted by Gasteiger charge is 2.43. The quantitative estimate of drug-likeness (QED) is 0.405. The molecule has 246 valence electrons. The van der Waals surface area contributed by atoms with Gasteiger partial charge in [0.1, 0.15) is 11.4 Å². The molecule has 6 rings (SSSR count). The van der Waals surface area contributed by atoms with Crippen LogP contribution in [0.1, 0.15) is 69.8 Å². The molecule has 0 radical (unpaired) electrons. The van der Waals surface area contributed by atoms with Crippen molar-refractivity contribution in [3.05, 3.63) is 52.5 Å². The van der Waals surface area contributed by atoms with Gasteiger partial charge in [0.15, 0.2) is 11.5 Å². The molecule has 2 unspecified atom stereocenters. The number of hydrogen-bond donors (Lipinski definition) is 1. The van der Waals surface area contributed by atoms with Gasteiger partial charge in [-0.15, -0.1) is 10.2 Å². The van der Waals surface area contributed by atoms with E-state index in [-0.39, 0.29) is 24.1 Å². The predicted octanol–water partition coefficient (Wildman–Crippen LogP) is 5.57. The van der Waals surface area contributed by atoms with Gasteiger partial charge in [-0.05, 0) is 95.4 Å². The third kappa shape index (κ3) is 7.67. The Labute approximate surface area is 276 Å². The lowest BCUT2D eigenvalue weighted by Gasteiger charge is -2.37. The van der Waals surface area contributed by atoms with Crippen molar-refractivity contribution >= 4 is 35.1 Å². The van der Waals surface area contributed by atoms with Crippen molar-refractivity contribution in [3.8, 4) is 5.75 Å². The van der Waals surface area contributed by atoms with E-state index in [1.54, 1.807) is 24.3 Å². The number of fused-ring (bicyclic) bond motifs is 1. The normalized spacial score (nSPS) is 25.5. The minimum Gasteiger partial charge on any atom is -0.490 e. The van der Waals surface area contributed by atoms with Gasteiger partial charge in [0.05, 0.1) is 17.7 Å². The standard InChI is InChI=1S/C34H44ClN7O4/c1-34(2,3)46-33(44)40-15-13-25(14-16-40)41-18-22-20-42(21-23(22)19-41)31-12-11-30(38-39-31)32(43)37-24-5-7-26(8-6-24)45-27-9-10-29(36-4)28(35)17-27/h9-12,17,22-26H,5-8,13-16,18-21H2,1-3H3,(H,37,43). The number of piperidine rings is 1. The summed E-state index contributed by atoms with van der Waals surface area (Å²) in [7, 11) is 0. The van der Waals surface area contributed by atoms with Crippen molar-refractivity contribution in [3.63, 3.8) is 0 Å². The van der Waals surface area contributed by atoms with E-state index >= 15 is 0 Å². The molecule has 4 heterocycles. The summed E-state index contributed by atoms with van der Waals surface area (Å²) in [5.74, 6) is 2.46. The van der Waals surface area contributed by atoms with E-state index in [0.717, 1.165) is 83.6 Å². The number of carbonyl (C=O) groups excluding carboxylic acids is 2. The minimum absolute atomic E-state index is 0.0475. The highest BCUT2D eigenvalue weighted by Crippen LogP contribution is 2.36. The number of amides is 2. The first-order chi connectivity index (χ1) is 22.0. The third-order valence-corrected chi connectivity index (χ3v) is 10.0. The SMILES string of the molecule is [C-]#[N+]c1ccc(OC2CCC(NC(=O)c3ccc(N4CC5CN(C6CCN(C(=O)OC(C)(C)C)CC6)CC5C4)nn3)CC2)cc1Cl. The topological polar surface area (TPSA) is 104 Å². The Morgan fingerprint density at radius 3 is 2.24 bits per heavy atom. The number of halogens is 1. The monoisotopic (exact) mass is 649 g/mol. The van der Waals surface area contributed by atoms with E-state index in [2.05, 4.69) is 30.2 Å². The summed E-state index contributed by atoms with van der Waals surface area (Å²) in [5.41, 5.74) is 0.282. The number of hydrogen-bond acceptors (Lipinski definition) is 8. The second kappa shape index (κ2) is 13.6. The van der Waals surface area contributed by atoms with Crippen LogP contribution in [0, 0.1) is 18.4 Å². The van der Waals surface area contributed by atoms with Gasteiger partial charge in [0.2, 0.25) is 5.69 Å². The summed E-state index contributed by atoms with van der Waals surface area (Å²) in [6, 6.07) is 9.42. The van der Waals surface area contributed by atoms with E-state index in [0.29, 0.717) is 40.0 Å². The molecule has 2 amide bonds. The first-order valence-electron chi connectivity index (χ1n) is 16.5. The van der Waals surface area contributed by atoms with E-state index in [1.165, 1.54) is 0 Å². The molecule has 1 N–H and O–H groups in total. The third-order valence-electron chi connectivity index (χ3n) is 9.71. The number of aromatic nitrogens is 2. The lowest BCUT2D eigenvalue weighted by atomic mass is 9.93. The Hall–Kier alpha value is -3.62. The molecule has 3 aliphatic heterocycles. The van der Waals surface area contributed by atoms with E-state index < -0.39 is 5.60 Å². The molecule has 1 aromatic carbocycles. The molecule has 0 bridgehead atoms. The Bertz CT molecular complexity index is 1430. The minimum atomic E-state index is -0.466. The van der Waals surface area contributed by atoms with Crippen molar-refractivity contribution in [2.75, 3.05) is 44.2 Å². The highest BCUT2D eigenvalue weighted by atomic mass is 35.5. The zero-order valence-corrected chi connectivity index (χ0v) is 27.7. The van der Waals surface area contributed by atoms with Gasteiger partial charge in [-0.1, -0.05) is 17.7 Å². The maximum atomic E-state index is 12.9. The number of rotatable bonds is 6. The van der Waals surface area contributed by atoms with Crippen LogP contribution in [0.4, 0.5) is 16.3 Å². The molecule has 1 aliphatic carbocycles. The van der Waals surface area contributed by atoms with E-state index in [1.807, 2.05) is 31.7 Å². The molecule has 0 spiro atoms. The van der Waals surface area contributed by atoms with Crippen LogP contribution in [0.15, 0.2) is 30.3 Å². The lowest BCUT2D eigenvalue weighted by molar-refractivity contribution is 0.0152. The molecule has 1 saturated carbocycles. The zero-order chi connectivity index (χ0) is 32.4. The fraction of sp³-hybridized carbons (Fsp3) is 0.618. The number of nitrogens with zero attached hydrogens (tertiary/aromatic N) is 6. The van der Waals surface area contributed by atoms with Crippen LogP contribution in [0.25, 0.3) is 4.85 Å². The number of likely N-dealkylation sites (tertiary alicyclic amines) is 2. The van der Waals surface area contributed by atoms with Gasteiger partial charge in [0.25, 0.3) is 5.91 Å². The summed E-state index contributed by atoms with van der Waals surface area (Å²) < 4.78 is 11.6. The summed E-state index contributed by atoms with van der Waals surface area (Å²) in [6.07, 6.45) is 5.08. The number of benzene rings is 1. The first kappa shape index (κ1) is 32.3. The summed E-state index contributed by atoms with van der Waals surface area (Å²) in [4.78, 5) is 35.6. The largest absolute Gasteiger partial charge is 0.490 e. The van der Waals surface area contributed by atoms with Crippen LogP contribution in [-0.4, -0.2) is 95.1 Å². The Balaban J connectivity index is 0.917. The maximum absolute atomic E-state index is 12.9. The van der Waals surface area contributed by atoms with Gasteiger partial charge in [-0.2, -0.15) is 0 Å². The van der Waals surface area contributed by atoms with Crippen LogP contribution in [0.3, 0.4) is 0 Å². The molecule has 4 aliphatic rings. The molecule has 11 nitrogen and oxygen atoms in total. The molecular formula is C34H44ClN7O4. The van der Waals surface area contributed by atoms with Crippen LogP contribution >= 0.6 is 11.6 Å². The smallest absolute Gasteiger partial charge is 0.410 e. The van der Waals surface area contributed by atoms with Gasteiger partial charge in [0, 0.05) is 51.4 Å². The number of nitrogens with one attached hydrogen (secondary N) is 1. The molecule has 2 aromatic rings. The molecule has 12 heteroatoms. The second-order valence-corrected chi connectivity index (χ2v) is 14.6. The number of ether oxygens (including phenoxy) is 2. The van der Waals surface area contributed by atoms with Gasteiger partial charge in [-0.3, -0.25) is 9.69 Å². The van der Waals surface area contributed by atoms with Crippen molar-refractivity contribution in [2.45, 2.75) is 83.1 Å². The van der Waals surface area contributed by atoms with Crippen LogP contribution in [0.2, 0.25) is 5.02 Å². The molecule has 2 atom stereocenters. The van der Waals surface area contributed by atoms with Crippen LogP contribution in [0.5, 0.6) is 5.75 Å². The summed E-state index contributed by atoms with van der Waals surface area (Å²) >= 11 is 6.14. The molecule has 1 aromatic heterocycles. The predicted molar refractivity (Wildman–Crippen MR) is 175 cm³/mol. The zero-order valence-electron chi connectivity index (χ0n) is 27.0. The molecule has 3 saturated heterocycles. The summed E-state index contributed by atoms with van der Waals surface area (Å²) in [6.45, 7) is 18.4. The second-order valence-electron chi connectivity index (χ2n) is 14.1. The van der Waals surface area contributed by atoms with Crippen molar-refractivity contribution in [1.29, 1.82) is 0 Å². The molecular weight excluding hydrogens is 606 g/mol. The van der Waals surface area contributed by atoms with E-state index in [9.17, 15) is 9.59 Å². The average Bonchev–Trinajstić information content (AvgIpc) is 3.62.